The van der Waals surface area contributed by atoms with Crippen LogP contribution in [0.1, 0.15) is 51.3 Å². The normalized spacial score (nSPS) is 15.0. The maximum absolute atomic E-state index is 13.2. The summed E-state index contributed by atoms with van der Waals surface area (Å²) in [6.07, 6.45) is -6.03. The summed E-state index contributed by atoms with van der Waals surface area (Å²) in [4.78, 5) is 13.2. The Balaban J connectivity index is 2.47. The van der Waals surface area contributed by atoms with Gasteiger partial charge >= 0.3 is 12.1 Å². The Hall–Kier alpha value is -2.54. The van der Waals surface area contributed by atoms with Gasteiger partial charge in [0.05, 0.1) is 17.8 Å². The van der Waals surface area contributed by atoms with Crippen LogP contribution in [0.25, 0.3) is 0 Å². The van der Waals surface area contributed by atoms with Crippen molar-refractivity contribution in [3.8, 4) is 0 Å². The Bertz CT molecular complexity index is 837. The van der Waals surface area contributed by atoms with Crippen LogP contribution < -0.4 is 5.32 Å². The van der Waals surface area contributed by atoms with Gasteiger partial charge in [-0.3, -0.25) is 0 Å². The average molecular weight is 423 g/mol. The third kappa shape index (κ3) is 5.75. The molecule has 164 valence electrons. The molecule has 30 heavy (non-hydrogen) atoms. The zero-order valence-corrected chi connectivity index (χ0v) is 17.5. The van der Waals surface area contributed by atoms with E-state index in [1.54, 1.807) is 58.0 Å². The second kappa shape index (κ2) is 9.51. The second-order valence-electron chi connectivity index (χ2n) is 7.91. The van der Waals surface area contributed by atoms with Crippen LogP contribution in [0.5, 0.6) is 0 Å². The number of anilines is 1. The molecule has 2 aromatic rings. The van der Waals surface area contributed by atoms with E-state index >= 15 is 0 Å². The molecule has 2 atom stereocenters. The van der Waals surface area contributed by atoms with Gasteiger partial charge in [0.25, 0.3) is 0 Å². The molecule has 4 nitrogen and oxygen atoms in total. The van der Waals surface area contributed by atoms with Gasteiger partial charge in [-0.15, -0.1) is 0 Å². The van der Waals surface area contributed by atoms with Crippen molar-refractivity contribution in [2.45, 2.75) is 58.0 Å². The maximum atomic E-state index is 13.2. The second-order valence-corrected chi connectivity index (χ2v) is 7.91. The van der Waals surface area contributed by atoms with Crippen molar-refractivity contribution in [3.05, 3.63) is 65.7 Å². The van der Waals surface area contributed by atoms with Gasteiger partial charge in [0.15, 0.2) is 0 Å². The highest BCUT2D eigenvalue weighted by Crippen LogP contribution is 2.36. The monoisotopic (exact) mass is 423 g/mol. The smallest absolute Gasteiger partial charge is 0.416 e. The highest BCUT2D eigenvalue weighted by Gasteiger charge is 2.45. The molecule has 2 rings (SSSR count). The number of hydrogen-bond acceptors (Lipinski definition) is 4. The molecule has 0 spiro atoms. The Kier molecular flexibility index (Phi) is 7.53. The predicted octanol–water partition coefficient (Wildman–Crippen LogP) is 5.59. The molecule has 2 aromatic carbocycles. The van der Waals surface area contributed by atoms with E-state index in [-0.39, 0.29) is 12.1 Å². The topological polar surface area (TPSA) is 58.6 Å². The number of carbonyl (C=O) groups excluding carboxylic acids is 1. The number of carbonyl (C=O) groups is 1. The number of hydrogen-bond donors (Lipinski definition) is 2. The molecule has 0 heterocycles. The lowest BCUT2D eigenvalue weighted by molar-refractivity contribution is -0.156. The number of alkyl halides is 3. The molecule has 0 amide bonds. The van der Waals surface area contributed by atoms with Crippen molar-refractivity contribution in [2.24, 2.45) is 5.92 Å². The molecule has 0 aliphatic rings. The predicted molar refractivity (Wildman–Crippen MR) is 110 cm³/mol. The molecule has 2 N–H and O–H groups in total. The highest BCUT2D eigenvalue weighted by molar-refractivity contribution is 5.85. The lowest BCUT2D eigenvalue weighted by Gasteiger charge is -2.39. The molecular formula is C23H28F3NO3. The van der Waals surface area contributed by atoms with E-state index in [1.807, 2.05) is 0 Å². The first-order valence-corrected chi connectivity index (χ1v) is 9.85. The molecule has 0 aromatic heterocycles. The molecular weight excluding hydrogens is 395 g/mol. The van der Waals surface area contributed by atoms with E-state index < -0.39 is 41.4 Å². The van der Waals surface area contributed by atoms with Gasteiger partial charge in [-0.25, -0.2) is 4.79 Å². The fraction of sp³-hybridized carbons (Fsp3) is 0.435. The first-order chi connectivity index (χ1) is 14.0. The lowest BCUT2D eigenvalue weighted by Crippen LogP contribution is -2.53. The summed E-state index contributed by atoms with van der Waals surface area (Å²) < 4.78 is 44.9. The SMILES string of the molecule is CC(C)OC(=O)C(C[C@@H](O)c1ccccc1)(Nc1cccc(C(F)(F)F)c1)C(C)C. The van der Waals surface area contributed by atoms with Gasteiger partial charge < -0.3 is 15.2 Å². The summed E-state index contributed by atoms with van der Waals surface area (Å²) >= 11 is 0. The molecule has 0 aliphatic heterocycles. The Morgan fingerprint density at radius 2 is 1.67 bits per heavy atom. The van der Waals surface area contributed by atoms with Crippen molar-refractivity contribution in [1.82, 2.24) is 0 Å². The Morgan fingerprint density at radius 1 is 1.03 bits per heavy atom. The molecule has 0 saturated heterocycles. The zero-order valence-electron chi connectivity index (χ0n) is 17.5. The van der Waals surface area contributed by atoms with Crippen LogP contribution in [-0.4, -0.2) is 22.7 Å². The average Bonchev–Trinajstić information content (AvgIpc) is 2.66. The molecule has 0 bridgehead atoms. The minimum atomic E-state index is -4.51. The summed E-state index contributed by atoms with van der Waals surface area (Å²) in [5.74, 6) is -1.02. The highest BCUT2D eigenvalue weighted by atomic mass is 19.4. The number of esters is 1. The van der Waals surface area contributed by atoms with E-state index in [2.05, 4.69) is 5.32 Å². The summed E-state index contributed by atoms with van der Waals surface area (Å²) in [5.41, 5.74) is -1.54. The fourth-order valence-corrected chi connectivity index (χ4v) is 3.25. The number of nitrogens with one attached hydrogen (secondary N) is 1. The van der Waals surface area contributed by atoms with Gasteiger partial charge in [-0.1, -0.05) is 50.2 Å². The van der Waals surface area contributed by atoms with E-state index in [0.717, 1.165) is 12.1 Å². The van der Waals surface area contributed by atoms with Gasteiger partial charge in [0.1, 0.15) is 5.54 Å². The number of halogens is 3. The zero-order chi connectivity index (χ0) is 22.5. The molecule has 0 saturated carbocycles. The molecule has 0 aliphatic carbocycles. The van der Waals surface area contributed by atoms with Crippen molar-refractivity contribution < 1.29 is 27.8 Å². The van der Waals surface area contributed by atoms with Crippen molar-refractivity contribution >= 4 is 11.7 Å². The quantitative estimate of drug-likeness (QED) is 0.544. The molecule has 0 fully saturated rings. The number of aliphatic hydroxyl groups excluding tert-OH is 1. The number of benzene rings is 2. The van der Waals surface area contributed by atoms with Crippen molar-refractivity contribution in [2.75, 3.05) is 5.32 Å². The fourth-order valence-electron chi connectivity index (χ4n) is 3.25. The largest absolute Gasteiger partial charge is 0.461 e. The number of aliphatic hydroxyl groups is 1. The van der Waals surface area contributed by atoms with Crippen LogP contribution in [0.3, 0.4) is 0 Å². The van der Waals surface area contributed by atoms with Gasteiger partial charge in [-0.2, -0.15) is 13.2 Å². The molecule has 0 radical (unpaired) electrons. The van der Waals surface area contributed by atoms with E-state index in [4.69, 9.17) is 4.74 Å². The van der Waals surface area contributed by atoms with Crippen molar-refractivity contribution in [1.29, 1.82) is 0 Å². The van der Waals surface area contributed by atoms with Gasteiger partial charge in [0, 0.05) is 12.1 Å². The van der Waals surface area contributed by atoms with Crippen LogP contribution in [0.4, 0.5) is 18.9 Å². The van der Waals surface area contributed by atoms with Crippen LogP contribution in [-0.2, 0) is 15.7 Å². The summed E-state index contributed by atoms with van der Waals surface area (Å²) in [5, 5.41) is 13.8. The Morgan fingerprint density at radius 3 is 2.20 bits per heavy atom. The van der Waals surface area contributed by atoms with E-state index in [0.29, 0.717) is 5.56 Å². The molecule has 1 unspecified atom stereocenters. The van der Waals surface area contributed by atoms with E-state index in [1.165, 1.54) is 12.1 Å². The van der Waals surface area contributed by atoms with Crippen molar-refractivity contribution in [3.63, 3.8) is 0 Å². The molecule has 7 heteroatoms. The first-order valence-electron chi connectivity index (χ1n) is 9.85. The number of rotatable bonds is 8. The summed E-state index contributed by atoms with van der Waals surface area (Å²) in [6.45, 7) is 6.92. The lowest BCUT2D eigenvalue weighted by atomic mass is 9.79. The third-order valence-electron chi connectivity index (χ3n) is 4.95. The maximum Gasteiger partial charge on any atom is 0.416 e. The Labute approximate surface area is 175 Å². The van der Waals surface area contributed by atoms with Crippen LogP contribution in [0.2, 0.25) is 0 Å². The summed E-state index contributed by atoms with van der Waals surface area (Å²) in [7, 11) is 0. The van der Waals surface area contributed by atoms with Gasteiger partial charge in [0.2, 0.25) is 0 Å². The summed E-state index contributed by atoms with van der Waals surface area (Å²) in [6, 6.07) is 13.5. The minimum absolute atomic E-state index is 0.0729. The third-order valence-corrected chi connectivity index (χ3v) is 4.95. The standard InChI is InChI=1S/C23H28F3NO3/c1-15(2)22(21(29)30-16(3)4,14-20(28)17-9-6-5-7-10-17)27-19-12-8-11-18(13-19)23(24,25)26/h5-13,15-16,20,27-28H,14H2,1-4H3/t20-,22?/m1/s1. The van der Waals surface area contributed by atoms with Crippen LogP contribution in [0, 0.1) is 5.92 Å². The van der Waals surface area contributed by atoms with Crippen LogP contribution in [0.15, 0.2) is 54.6 Å². The van der Waals surface area contributed by atoms with E-state index in [9.17, 15) is 23.1 Å². The van der Waals surface area contributed by atoms with Gasteiger partial charge in [-0.05, 0) is 43.5 Å². The first kappa shape index (κ1) is 23.7. The number of ether oxygens (including phenoxy) is 1. The minimum Gasteiger partial charge on any atom is -0.461 e. The van der Waals surface area contributed by atoms with Crippen LogP contribution >= 0.6 is 0 Å².